The molecular formula is C33H50BBrO10Si. The van der Waals surface area contributed by atoms with Gasteiger partial charge in [0.15, 0.2) is 29.8 Å². The summed E-state index contributed by atoms with van der Waals surface area (Å²) in [5, 5.41) is 24.6. The molecule has 0 spiro atoms. The number of rotatable bonds is 14. The fourth-order valence-corrected chi connectivity index (χ4v) is 13.2. The van der Waals surface area contributed by atoms with Crippen LogP contribution in [0, 0.1) is 5.92 Å². The average Bonchev–Trinajstić information content (AvgIpc) is 3.68. The first-order chi connectivity index (χ1) is 24.1. The van der Waals surface area contributed by atoms with Crippen molar-refractivity contribution >= 4 is 36.6 Å². The molecule has 10 nitrogen and oxygen atoms in total. The van der Waals surface area contributed by atoms with Crippen molar-refractivity contribution in [1.82, 2.24) is 0 Å². The number of methoxy groups -OCH3 is 3. The molecule has 0 fully saturated rings. The molecule has 0 aromatic heterocycles. The first-order valence-corrected chi connectivity index (χ1v) is 18.3. The van der Waals surface area contributed by atoms with Crippen LogP contribution in [0.4, 0.5) is 0 Å². The van der Waals surface area contributed by atoms with Crippen molar-refractivity contribution in [3.05, 3.63) is 27.7 Å². The highest BCUT2D eigenvalue weighted by atomic mass is 79.9. The summed E-state index contributed by atoms with van der Waals surface area (Å²) >= 11 is 3.47. The molecule has 4 rings (SSSR count). The number of halogens is 1. The van der Waals surface area contributed by atoms with Gasteiger partial charge < -0.3 is 47.7 Å². The van der Waals surface area contributed by atoms with Crippen LogP contribution in [0.25, 0.3) is 0 Å². The van der Waals surface area contributed by atoms with Crippen LogP contribution in [0.3, 0.4) is 0 Å². The maximum Gasteiger partial charge on any atom is 0.328 e. The van der Waals surface area contributed by atoms with E-state index in [1.807, 2.05) is 41.5 Å². The maximum absolute atomic E-state index is 13.3. The summed E-state index contributed by atoms with van der Waals surface area (Å²) in [6, 6.07) is 3.01. The highest BCUT2D eigenvalue weighted by Crippen LogP contribution is 2.55. The molecule has 13 heteroatoms. The predicted molar refractivity (Wildman–Crippen MR) is 184 cm³/mol. The summed E-state index contributed by atoms with van der Waals surface area (Å²) in [6.07, 6.45) is -3.01. The summed E-state index contributed by atoms with van der Waals surface area (Å²) in [5.74, 6) is -1.36. The largest absolute Gasteiger partial charge is 0.503 e. The fourth-order valence-electron chi connectivity index (χ4n) is 7.12. The molecule has 0 bridgehead atoms. The Kier molecular flexibility index (Phi) is 8.86. The molecule has 2 N–H and O–H groups in total. The highest BCUT2D eigenvalue weighted by Gasteiger charge is 2.54. The van der Waals surface area contributed by atoms with E-state index in [4.69, 9.17) is 45.7 Å². The molecule has 0 amide bonds. The molecule has 0 aliphatic carbocycles. The highest BCUT2D eigenvalue weighted by molar-refractivity contribution is 9.10. The molecule has 0 unspecified atom stereocenters. The quantitative estimate of drug-likeness (QED) is 0.154. The Bertz CT molecular complexity index is 1590. The van der Waals surface area contributed by atoms with E-state index in [-0.39, 0.29) is 80.0 Å². The number of hydrogen-bond donors (Lipinski definition) is 2. The lowest BCUT2D eigenvalue weighted by Crippen LogP contribution is -2.54. The minimum Gasteiger partial charge on any atom is -0.503 e. The maximum atomic E-state index is 13.3. The van der Waals surface area contributed by atoms with Crippen molar-refractivity contribution in [2.24, 2.45) is 5.92 Å². The van der Waals surface area contributed by atoms with Gasteiger partial charge in [0, 0.05) is 32.3 Å². The van der Waals surface area contributed by atoms with Gasteiger partial charge in [-0.25, -0.2) is 0 Å². The second-order valence-corrected chi connectivity index (χ2v) is 18.9. The van der Waals surface area contributed by atoms with E-state index >= 15 is 0 Å². The van der Waals surface area contributed by atoms with Crippen LogP contribution in [0.15, 0.2) is 16.6 Å². The van der Waals surface area contributed by atoms with Crippen molar-refractivity contribution in [3.8, 4) is 34.5 Å². The van der Waals surface area contributed by atoms with Gasteiger partial charge >= 0.3 is 6.92 Å². The summed E-state index contributed by atoms with van der Waals surface area (Å²) < 4.78 is 99.4. The van der Waals surface area contributed by atoms with Crippen LogP contribution in [0.1, 0.15) is 86.9 Å². The number of ether oxygens (including phenoxy) is 6. The van der Waals surface area contributed by atoms with E-state index in [2.05, 4.69) is 15.9 Å². The van der Waals surface area contributed by atoms with Gasteiger partial charge in [-0.3, -0.25) is 0 Å². The summed E-state index contributed by atoms with van der Waals surface area (Å²) in [5.41, 5.74) is -2.59. The van der Waals surface area contributed by atoms with Gasteiger partial charge in [0.25, 0.3) is 0 Å². The van der Waals surface area contributed by atoms with Crippen LogP contribution >= 0.6 is 15.9 Å². The number of aliphatic hydroxyl groups is 1. The first kappa shape index (κ1) is 28.8. The third-order valence-electron chi connectivity index (χ3n) is 9.33. The number of phenols is 1. The molecule has 0 saturated heterocycles. The third kappa shape index (κ3) is 6.11. The van der Waals surface area contributed by atoms with Crippen LogP contribution in [-0.4, -0.2) is 66.0 Å². The summed E-state index contributed by atoms with van der Waals surface area (Å²) in [7, 11) is 1.04. The topological polar surface area (TPSA) is 114 Å². The number of hydrogen-bond acceptors (Lipinski definition) is 10. The number of aromatic hydroxyl groups is 1. The lowest BCUT2D eigenvalue weighted by molar-refractivity contribution is -0.119. The van der Waals surface area contributed by atoms with Gasteiger partial charge in [-0.1, -0.05) is 55.2 Å². The lowest BCUT2D eigenvalue weighted by atomic mass is 9.63. The number of fused-ring (bicyclic) bond motifs is 2. The van der Waals surface area contributed by atoms with Crippen molar-refractivity contribution in [2.75, 3.05) is 34.9 Å². The molecule has 2 aromatic rings. The second-order valence-electron chi connectivity index (χ2n) is 12.7. The van der Waals surface area contributed by atoms with Crippen molar-refractivity contribution in [1.29, 1.82) is 0 Å². The number of phenolic OH excluding ortho intramolecular Hbond substituents is 1. The predicted octanol–water partition coefficient (Wildman–Crippen LogP) is 7.10. The smallest absolute Gasteiger partial charge is 0.328 e. The Labute approximate surface area is 291 Å². The Balaban J connectivity index is 2.09. The van der Waals surface area contributed by atoms with Crippen LogP contribution < -0.4 is 29.1 Å². The van der Waals surface area contributed by atoms with E-state index in [0.29, 0.717) is 0 Å². The minimum atomic E-state index is -3.20. The molecule has 0 saturated carbocycles. The average molecular weight is 732 g/mol. The normalized spacial score (nSPS) is 21.1. The van der Waals surface area contributed by atoms with Crippen molar-refractivity contribution in [3.63, 3.8) is 0 Å². The second kappa shape index (κ2) is 14.1. The molecule has 256 valence electrons. The molecular weight excluding hydrogens is 675 g/mol. The Morgan fingerprint density at radius 3 is 2.26 bits per heavy atom. The van der Waals surface area contributed by atoms with Gasteiger partial charge in [0.1, 0.15) is 6.10 Å². The number of benzene rings is 2. The molecule has 4 atom stereocenters. The zero-order chi connectivity index (χ0) is 39.3. The molecule has 2 aliphatic rings. The van der Waals surface area contributed by atoms with Gasteiger partial charge in [-0.2, -0.15) is 0 Å². The molecule has 2 aliphatic heterocycles. The van der Waals surface area contributed by atoms with E-state index in [1.165, 1.54) is 40.4 Å². The van der Waals surface area contributed by atoms with Crippen LogP contribution in [0.2, 0.25) is 23.4 Å². The minimum absolute atomic E-state index is 0.0179. The van der Waals surface area contributed by atoms with E-state index in [9.17, 15) is 10.2 Å². The molecule has 2 aromatic carbocycles. The zero-order valence-electron chi connectivity index (χ0n) is 34.1. The van der Waals surface area contributed by atoms with Crippen molar-refractivity contribution in [2.45, 2.75) is 96.5 Å². The Hall–Kier alpha value is -2.16. The van der Waals surface area contributed by atoms with E-state index < -0.39 is 58.3 Å². The van der Waals surface area contributed by atoms with Gasteiger partial charge in [0.05, 0.1) is 30.4 Å². The lowest BCUT2D eigenvalue weighted by Gasteiger charge is -2.50. The van der Waals surface area contributed by atoms with Gasteiger partial charge in [-0.15, -0.1) is 0 Å². The zero-order valence-corrected chi connectivity index (χ0v) is 30.7. The summed E-state index contributed by atoms with van der Waals surface area (Å²) in [6.45, 7) is 5.59. The van der Waals surface area contributed by atoms with Crippen LogP contribution in [0.5, 0.6) is 34.5 Å². The fraction of sp³-hybridized carbons (Fsp3) is 0.636. The van der Waals surface area contributed by atoms with Gasteiger partial charge in [0.2, 0.25) is 26.6 Å². The van der Waals surface area contributed by atoms with Crippen molar-refractivity contribution < 1.29 is 55.9 Å². The standard InChI is InChI=1S/C33H50BBrO10Si/c1-17(2)46(18(3)4,19(5)6)45-32(22-14-23(39-11)29(40-12)27(36)26(22)35)33(8,37)20(7)28-21-13-24-30(43-16-41-24)31(42-15-38-10)25(21)34(9)44-28/h13-14,17-20,28,32,36-37H,15-16H2,1-12H3/t20-,28+,32+,33-/m0/s1/i8D3,9D3. The SMILES string of the molecule is [2H]C([2H])([2H])B1O[C@H]([C@H](C)[C@](O)([C@H](O[Si](C(C)C)(C(C)C)C(C)C)c2cc(OC)c(OC)c(O)c2Br)C([2H])([2H])[2H])c2cc3c(c(OCOC)c21)OCO3. The van der Waals surface area contributed by atoms with E-state index in [1.54, 1.807) is 0 Å². The molecule has 0 radical (unpaired) electrons. The first-order valence-electron chi connectivity index (χ1n) is 18.3. The molecule has 2 heterocycles. The Morgan fingerprint density at radius 1 is 1.04 bits per heavy atom. The van der Waals surface area contributed by atoms with Gasteiger partial charge in [-0.05, 0) is 57.1 Å². The molecule has 46 heavy (non-hydrogen) atoms. The van der Waals surface area contributed by atoms with E-state index in [0.717, 1.165) is 0 Å². The van der Waals surface area contributed by atoms with Crippen LogP contribution in [-0.2, 0) is 13.8 Å². The monoisotopic (exact) mass is 730 g/mol. The third-order valence-corrected chi connectivity index (χ3v) is 16.2. The Morgan fingerprint density at radius 2 is 1.72 bits per heavy atom. The summed E-state index contributed by atoms with van der Waals surface area (Å²) in [4.78, 5) is 0.